The molecule has 1 saturated carbocycles. The molecule has 1 heterocycles. The van der Waals surface area contributed by atoms with Crippen LogP contribution in [0.4, 0.5) is 11.8 Å². The predicted molar refractivity (Wildman–Crippen MR) is 80.6 cm³/mol. The maximum Gasteiger partial charge on any atom is 0.222 e. The molecule has 1 aliphatic carbocycles. The number of nitrogens with zero attached hydrogens (tertiary/aromatic N) is 3. The van der Waals surface area contributed by atoms with Gasteiger partial charge in [-0.3, -0.25) is 0 Å². The summed E-state index contributed by atoms with van der Waals surface area (Å²) >= 11 is 0. The number of nitrogen functional groups attached to an aromatic ring is 1. The highest BCUT2D eigenvalue weighted by Crippen LogP contribution is 2.30. The van der Waals surface area contributed by atoms with Gasteiger partial charge in [0.15, 0.2) is 0 Å². The Morgan fingerprint density at radius 3 is 2.75 bits per heavy atom. The lowest BCUT2D eigenvalue weighted by atomic mass is 9.91. The van der Waals surface area contributed by atoms with Gasteiger partial charge in [0.1, 0.15) is 5.82 Å². The molecule has 3 rings (SSSR count). The van der Waals surface area contributed by atoms with Crippen molar-refractivity contribution in [1.29, 1.82) is 0 Å². The van der Waals surface area contributed by atoms with Crippen molar-refractivity contribution in [2.24, 2.45) is 0 Å². The van der Waals surface area contributed by atoms with Crippen LogP contribution in [0.5, 0.6) is 0 Å². The van der Waals surface area contributed by atoms with E-state index in [1.54, 1.807) is 0 Å². The molecule has 2 atom stereocenters. The maximum atomic E-state index is 10.2. The van der Waals surface area contributed by atoms with Crippen LogP contribution < -0.4 is 10.6 Å². The lowest BCUT2D eigenvalue weighted by molar-refractivity contribution is 0.106. The average Bonchev–Trinajstić information content (AvgIpc) is 2.46. The number of likely N-dealkylation sites (N-methyl/N-ethyl adjacent to an activating group) is 1. The zero-order chi connectivity index (χ0) is 14.1. The largest absolute Gasteiger partial charge is 0.391 e. The summed E-state index contributed by atoms with van der Waals surface area (Å²) in [7, 11) is 1.98. The first-order valence-electron chi connectivity index (χ1n) is 7.10. The van der Waals surface area contributed by atoms with Gasteiger partial charge in [0.25, 0.3) is 0 Å². The van der Waals surface area contributed by atoms with Crippen LogP contribution in [0.3, 0.4) is 0 Å². The Hall–Kier alpha value is -1.88. The fraction of sp³-hybridized carbons (Fsp3) is 0.467. The summed E-state index contributed by atoms with van der Waals surface area (Å²) in [4.78, 5) is 10.7. The smallest absolute Gasteiger partial charge is 0.222 e. The van der Waals surface area contributed by atoms with E-state index < -0.39 is 0 Å². The number of hydrogen-bond donors (Lipinski definition) is 2. The first-order valence-corrected chi connectivity index (χ1v) is 7.10. The van der Waals surface area contributed by atoms with Gasteiger partial charge in [-0.2, -0.15) is 4.98 Å². The molecule has 0 radical (unpaired) electrons. The Morgan fingerprint density at radius 2 is 1.95 bits per heavy atom. The Kier molecular flexibility index (Phi) is 3.44. The molecule has 0 bridgehead atoms. The Labute approximate surface area is 118 Å². The number of aliphatic hydroxyl groups is 1. The second-order valence-electron chi connectivity index (χ2n) is 5.45. The Morgan fingerprint density at radius 1 is 1.20 bits per heavy atom. The normalized spacial score (nSPS) is 22.9. The summed E-state index contributed by atoms with van der Waals surface area (Å²) < 4.78 is 0. The maximum absolute atomic E-state index is 10.2. The minimum absolute atomic E-state index is 0.0986. The molecule has 1 fully saturated rings. The van der Waals surface area contributed by atoms with Crippen molar-refractivity contribution in [3.8, 4) is 0 Å². The number of aromatic nitrogens is 2. The van der Waals surface area contributed by atoms with Gasteiger partial charge in [0.05, 0.1) is 17.7 Å². The summed E-state index contributed by atoms with van der Waals surface area (Å²) in [6.45, 7) is 0. The van der Waals surface area contributed by atoms with E-state index in [0.717, 1.165) is 42.4 Å². The van der Waals surface area contributed by atoms with Crippen LogP contribution in [-0.4, -0.2) is 34.3 Å². The van der Waals surface area contributed by atoms with Gasteiger partial charge < -0.3 is 15.7 Å². The van der Waals surface area contributed by atoms with E-state index >= 15 is 0 Å². The fourth-order valence-corrected chi connectivity index (χ4v) is 3.05. The van der Waals surface area contributed by atoms with Crippen molar-refractivity contribution in [2.75, 3.05) is 17.7 Å². The number of aliphatic hydroxyl groups excluding tert-OH is 1. The molecule has 2 unspecified atom stereocenters. The number of anilines is 2. The van der Waals surface area contributed by atoms with Crippen molar-refractivity contribution >= 4 is 22.7 Å². The fourth-order valence-electron chi connectivity index (χ4n) is 3.05. The van der Waals surface area contributed by atoms with Crippen molar-refractivity contribution in [3.63, 3.8) is 0 Å². The molecule has 0 saturated heterocycles. The zero-order valence-electron chi connectivity index (χ0n) is 11.7. The third-order valence-corrected chi connectivity index (χ3v) is 4.13. The quantitative estimate of drug-likeness (QED) is 0.874. The van der Waals surface area contributed by atoms with Crippen LogP contribution in [0, 0.1) is 0 Å². The number of nitrogens with two attached hydrogens (primary N) is 1. The number of para-hydroxylation sites is 1. The number of benzene rings is 1. The molecule has 1 aromatic carbocycles. The monoisotopic (exact) mass is 272 g/mol. The average molecular weight is 272 g/mol. The van der Waals surface area contributed by atoms with Crippen molar-refractivity contribution in [3.05, 3.63) is 24.3 Å². The summed E-state index contributed by atoms with van der Waals surface area (Å²) in [6.07, 6.45) is 3.77. The summed E-state index contributed by atoms with van der Waals surface area (Å²) in [5.74, 6) is 1.08. The van der Waals surface area contributed by atoms with E-state index in [1.807, 2.05) is 31.3 Å². The second-order valence-corrected chi connectivity index (χ2v) is 5.45. The van der Waals surface area contributed by atoms with Crippen LogP contribution >= 0.6 is 0 Å². The van der Waals surface area contributed by atoms with Gasteiger partial charge in [-0.05, 0) is 25.0 Å². The molecule has 0 amide bonds. The van der Waals surface area contributed by atoms with Gasteiger partial charge >= 0.3 is 0 Å². The van der Waals surface area contributed by atoms with Crippen LogP contribution in [0.1, 0.15) is 25.7 Å². The highest BCUT2D eigenvalue weighted by atomic mass is 16.3. The first kappa shape index (κ1) is 13.1. The standard InChI is InChI=1S/C15H20N4O/c1-19(12-8-4-5-9-13(12)20)14-10-6-2-3-7-11(10)17-15(16)18-14/h2-3,6-7,12-13,20H,4-5,8-9H2,1H3,(H2,16,17,18). The highest BCUT2D eigenvalue weighted by molar-refractivity contribution is 5.90. The first-order chi connectivity index (χ1) is 9.66. The third kappa shape index (κ3) is 2.29. The van der Waals surface area contributed by atoms with E-state index in [1.165, 1.54) is 0 Å². The van der Waals surface area contributed by atoms with E-state index in [2.05, 4.69) is 14.9 Å². The Balaban J connectivity index is 2.04. The summed E-state index contributed by atoms with van der Waals surface area (Å²) in [6, 6.07) is 7.93. The number of fused-ring (bicyclic) bond motifs is 1. The molecule has 20 heavy (non-hydrogen) atoms. The highest BCUT2D eigenvalue weighted by Gasteiger charge is 2.28. The molecule has 5 nitrogen and oxygen atoms in total. The van der Waals surface area contributed by atoms with E-state index in [-0.39, 0.29) is 18.1 Å². The van der Waals surface area contributed by atoms with Gasteiger partial charge in [-0.25, -0.2) is 4.98 Å². The topological polar surface area (TPSA) is 75.3 Å². The van der Waals surface area contributed by atoms with Crippen molar-refractivity contribution in [1.82, 2.24) is 9.97 Å². The second kappa shape index (κ2) is 5.25. The van der Waals surface area contributed by atoms with Gasteiger partial charge in [-0.1, -0.05) is 25.0 Å². The van der Waals surface area contributed by atoms with E-state index in [0.29, 0.717) is 0 Å². The van der Waals surface area contributed by atoms with Crippen molar-refractivity contribution < 1.29 is 5.11 Å². The Bertz CT molecular complexity index is 616. The number of rotatable bonds is 2. The van der Waals surface area contributed by atoms with Gasteiger partial charge in [0.2, 0.25) is 5.95 Å². The van der Waals surface area contributed by atoms with Crippen molar-refractivity contribution in [2.45, 2.75) is 37.8 Å². The SMILES string of the molecule is CN(c1nc(N)nc2ccccc12)C1CCCCC1O. The lowest BCUT2D eigenvalue weighted by Gasteiger charge is -2.36. The van der Waals surface area contributed by atoms with Crippen LogP contribution in [0.25, 0.3) is 10.9 Å². The molecule has 3 N–H and O–H groups in total. The molecular formula is C15H20N4O. The zero-order valence-corrected chi connectivity index (χ0v) is 11.7. The van der Waals surface area contributed by atoms with Crippen LogP contribution in [-0.2, 0) is 0 Å². The molecule has 0 spiro atoms. The molecule has 5 heteroatoms. The summed E-state index contributed by atoms with van der Waals surface area (Å²) in [5, 5.41) is 11.2. The summed E-state index contributed by atoms with van der Waals surface area (Å²) in [5.41, 5.74) is 6.66. The molecular weight excluding hydrogens is 252 g/mol. The molecule has 106 valence electrons. The van der Waals surface area contributed by atoms with Crippen LogP contribution in [0.2, 0.25) is 0 Å². The van der Waals surface area contributed by atoms with Gasteiger partial charge in [0, 0.05) is 12.4 Å². The third-order valence-electron chi connectivity index (χ3n) is 4.13. The minimum Gasteiger partial charge on any atom is -0.391 e. The molecule has 0 aliphatic heterocycles. The van der Waals surface area contributed by atoms with Crippen LogP contribution in [0.15, 0.2) is 24.3 Å². The lowest BCUT2D eigenvalue weighted by Crippen LogP contribution is -2.44. The van der Waals surface area contributed by atoms with E-state index in [9.17, 15) is 5.11 Å². The molecule has 1 aromatic heterocycles. The molecule has 2 aromatic rings. The molecule has 1 aliphatic rings. The van der Waals surface area contributed by atoms with E-state index in [4.69, 9.17) is 5.73 Å². The number of hydrogen-bond acceptors (Lipinski definition) is 5. The minimum atomic E-state index is -0.302. The van der Waals surface area contributed by atoms with Gasteiger partial charge in [-0.15, -0.1) is 0 Å². The predicted octanol–water partition coefficient (Wildman–Crippen LogP) is 1.95.